The first-order chi connectivity index (χ1) is 7.84. The second-order valence-electron chi connectivity index (χ2n) is 3.94. The van der Waals surface area contributed by atoms with Crippen LogP contribution in [0.15, 0.2) is 9.15 Å². The first-order valence-corrected chi connectivity index (χ1v) is 5.26. The maximum Gasteiger partial charge on any atom is 0.230 e. The molecule has 7 heteroatoms. The number of hydrogen-bond donors (Lipinski definition) is 1. The van der Waals surface area contributed by atoms with Crippen LogP contribution in [0.4, 0.5) is 5.82 Å². The maximum absolute atomic E-state index is 5.55. The van der Waals surface area contributed by atoms with E-state index in [-0.39, 0.29) is 5.82 Å². The minimum Gasteiger partial charge on any atom is -0.379 e. The van der Waals surface area contributed by atoms with Crippen LogP contribution in [0, 0.1) is 0 Å². The Kier molecular flexibility index (Phi) is 2.09. The summed E-state index contributed by atoms with van der Waals surface area (Å²) >= 11 is 0. The van der Waals surface area contributed by atoms with E-state index in [4.69, 9.17) is 10.3 Å². The lowest BCUT2D eigenvalue weighted by Crippen LogP contribution is -1.93. The van der Waals surface area contributed by atoms with E-state index in [1.54, 1.807) is 0 Å². The van der Waals surface area contributed by atoms with E-state index in [9.17, 15) is 0 Å². The number of anilines is 1. The minimum atomic E-state index is 0.179. The fourth-order valence-electron chi connectivity index (χ4n) is 2.02. The zero-order chi connectivity index (χ0) is 11.0. The molecule has 2 aromatic rings. The first-order valence-electron chi connectivity index (χ1n) is 5.26. The van der Waals surface area contributed by atoms with E-state index >= 15 is 0 Å². The molecule has 0 bridgehead atoms. The first kappa shape index (κ1) is 9.32. The molecule has 84 valence electrons. The van der Waals surface area contributed by atoms with Gasteiger partial charge in [-0.15, -0.1) is 0 Å². The van der Waals surface area contributed by atoms with Crippen molar-refractivity contribution in [3.05, 3.63) is 5.89 Å². The molecule has 2 aromatic heterocycles. The highest BCUT2D eigenvalue weighted by molar-refractivity contribution is 5.61. The SMILES string of the molecule is Nc1nonc1-c1noc(C2CCCC2)n1. The number of nitrogens with two attached hydrogens (primary N) is 1. The molecule has 0 saturated heterocycles. The molecule has 16 heavy (non-hydrogen) atoms. The topological polar surface area (TPSA) is 104 Å². The van der Waals surface area contributed by atoms with E-state index in [2.05, 4.69) is 25.1 Å². The summed E-state index contributed by atoms with van der Waals surface area (Å²) in [5.41, 5.74) is 5.89. The summed E-state index contributed by atoms with van der Waals surface area (Å²) in [4.78, 5) is 4.28. The van der Waals surface area contributed by atoms with Gasteiger partial charge in [0.1, 0.15) is 0 Å². The molecule has 0 atom stereocenters. The number of aromatic nitrogens is 4. The molecule has 2 heterocycles. The molecule has 1 fully saturated rings. The number of hydrogen-bond acceptors (Lipinski definition) is 7. The van der Waals surface area contributed by atoms with Crippen LogP contribution >= 0.6 is 0 Å². The molecule has 0 aromatic carbocycles. The number of nitrogens with zero attached hydrogens (tertiary/aromatic N) is 4. The Labute approximate surface area is 91.0 Å². The Morgan fingerprint density at radius 1 is 1.12 bits per heavy atom. The molecule has 7 nitrogen and oxygen atoms in total. The molecule has 1 aliphatic carbocycles. The van der Waals surface area contributed by atoms with Crippen molar-refractivity contribution >= 4 is 5.82 Å². The quantitative estimate of drug-likeness (QED) is 0.816. The minimum absolute atomic E-state index is 0.179. The summed E-state index contributed by atoms with van der Waals surface area (Å²) < 4.78 is 9.69. The zero-order valence-electron chi connectivity index (χ0n) is 8.59. The van der Waals surface area contributed by atoms with Gasteiger partial charge in [-0.05, 0) is 23.2 Å². The van der Waals surface area contributed by atoms with Crippen molar-refractivity contribution in [1.29, 1.82) is 0 Å². The normalized spacial score (nSPS) is 17.0. The van der Waals surface area contributed by atoms with Gasteiger partial charge in [-0.2, -0.15) is 4.98 Å². The van der Waals surface area contributed by atoms with Gasteiger partial charge in [-0.25, -0.2) is 4.63 Å². The summed E-state index contributed by atoms with van der Waals surface area (Å²) in [5, 5.41) is 10.9. The van der Waals surface area contributed by atoms with Crippen molar-refractivity contribution in [1.82, 2.24) is 20.5 Å². The van der Waals surface area contributed by atoms with Crippen molar-refractivity contribution < 1.29 is 9.15 Å². The molecule has 0 unspecified atom stereocenters. The fourth-order valence-corrected chi connectivity index (χ4v) is 2.02. The smallest absolute Gasteiger partial charge is 0.230 e. The van der Waals surface area contributed by atoms with Gasteiger partial charge in [0, 0.05) is 5.92 Å². The van der Waals surface area contributed by atoms with Crippen LogP contribution in [0.1, 0.15) is 37.5 Å². The Morgan fingerprint density at radius 2 is 1.94 bits per heavy atom. The maximum atomic E-state index is 5.55. The highest BCUT2D eigenvalue weighted by Gasteiger charge is 2.24. The summed E-state index contributed by atoms with van der Waals surface area (Å²) in [6.45, 7) is 0. The predicted molar refractivity (Wildman–Crippen MR) is 53.2 cm³/mol. The molecular formula is C9H11N5O2. The lowest BCUT2D eigenvalue weighted by molar-refractivity contribution is 0.309. The van der Waals surface area contributed by atoms with Gasteiger partial charge in [0.2, 0.25) is 11.7 Å². The highest BCUT2D eigenvalue weighted by atomic mass is 16.6. The summed E-state index contributed by atoms with van der Waals surface area (Å²) in [5.74, 6) is 1.57. The van der Waals surface area contributed by atoms with E-state index in [1.165, 1.54) is 12.8 Å². The standard InChI is InChI=1S/C9H11N5O2/c10-7-6(12-16-13-7)8-11-9(15-14-8)5-3-1-2-4-5/h5H,1-4H2,(H2,10,13). The number of rotatable bonds is 2. The highest BCUT2D eigenvalue weighted by Crippen LogP contribution is 2.33. The van der Waals surface area contributed by atoms with E-state index in [1.807, 2.05) is 0 Å². The van der Waals surface area contributed by atoms with Crippen LogP contribution in [-0.4, -0.2) is 20.5 Å². The molecular weight excluding hydrogens is 210 g/mol. The third-order valence-corrected chi connectivity index (χ3v) is 2.87. The van der Waals surface area contributed by atoms with Crippen LogP contribution < -0.4 is 5.73 Å². The molecule has 2 N–H and O–H groups in total. The van der Waals surface area contributed by atoms with Crippen LogP contribution in [0.3, 0.4) is 0 Å². The average Bonchev–Trinajstić information content (AvgIpc) is 2.96. The van der Waals surface area contributed by atoms with E-state index < -0.39 is 0 Å². The summed E-state index contributed by atoms with van der Waals surface area (Å²) in [7, 11) is 0. The second-order valence-corrected chi connectivity index (χ2v) is 3.94. The van der Waals surface area contributed by atoms with E-state index in [0.29, 0.717) is 23.3 Å². The lowest BCUT2D eigenvalue weighted by Gasteiger charge is -1.98. The third-order valence-electron chi connectivity index (χ3n) is 2.87. The van der Waals surface area contributed by atoms with Crippen LogP contribution in [-0.2, 0) is 0 Å². The molecule has 3 rings (SSSR count). The lowest BCUT2D eigenvalue weighted by atomic mass is 10.1. The van der Waals surface area contributed by atoms with Gasteiger partial charge in [0.25, 0.3) is 0 Å². The molecule has 0 amide bonds. The van der Waals surface area contributed by atoms with Crippen LogP contribution in [0.5, 0.6) is 0 Å². The molecule has 0 aliphatic heterocycles. The zero-order valence-corrected chi connectivity index (χ0v) is 8.59. The largest absolute Gasteiger partial charge is 0.379 e. The third kappa shape index (κ3) is 1.44. The predicted octanol–water partition coefficient (Wildman–Crippen LogP) is 1.36. The Hall–Kier alpha value is -1.92. The summed E-state index contributed by atoms with van der Waals surface area (Å²) in [6, 6.07) is 0. The van der Waals surface area contributed by atoms with Crippen LogP contribution in [0.25, 0.3) is 11.5 Å². The van der Waals surface area contributed by atoms with Gasteiger partial charge in [-0.1, -0.05) is 18.0 Å². The van der Waals surface area contributed by atoms with Crippen molar-refractivity contribution in [3.8, 4) is 11.5 Å². The van der Waals surface area contributed by atoms with Gasteiger partial charge in [0.15, 0.2) is 11.5 Å². The monoisotopic (exact) mass is 221 g/mol. The van der Waals surface area contributed by atoms with Crippen molar-refractivity contribution in [2.75, 3.05) is 5.73 Å². The van der Waals surface area contributed by atoms with Crippen molar-refractivity contribution in [2.45, 2.75) is 31.6 Å². The average molecular weight is 221 g/mol. The summed E-state index contributed by atoms with van der Waals surface area (Å²) in [6.07, 6.45) is 4.65. The molecule has 1 aliphatic rings. The molecule has 0 spiro atoms. The van der Waals surface area contributed by atoms with Crippen molar-refractivity contribution in [2.24, 2.45) is 0 Å². The van der Waals surface area contributed by atoms with Gasteiger partial charge in [-0.3, -0.25) is 0 Å². The van der Waals surface area contributed by atoms with Gasteiger partial charge >= 0.3 is 0 Å². The Bertz CT molecular complexity index is 486. The molecule has 0 radical (unpaired) electrons. The Morgan fingerprint density at radius 3 is 2.62 bits per heavy atom. The molecule has 1 saturated carbocycles. The van der Waals surface area contributed by atoms with Gasteiger partial charge < -0.3 is 10.3 Å². The van der Waals surface area contributed by atoms with Crippen LogP contribution in [0.2, 0.25) is 0 Å². The Balaban J connectivity index is 1.90. The number of nitrogen functional groups attached to an aromatic ring is 1. The fraction of sp³-hybridized carbons (Fsp3) is 0.556. The van der Waals surface area contributed by atoms with E-state index in [0.717, 1.165) is 12.8 Å². The van der Waals surface area contributed by atoms with Gasteiger partial charge in [0.05, 0.1) is 0 Å². The van der Waals surface area contributed by atoms with Crippen molar-refractivity contribution in [3.63, 3.8) is 0 Å². The second kappa shape index (κ2) is 3.58.